The van der Waals surface area contributed by atoms with Crippen molar-refractivity contribution >= 4 is 5.65 Å². The third-order valence-electron chi connectivity index (χ3n) is 4.06. The van der Waals surface area contributed by atoms with Crippen LogP contribution in [0.2, 0.25) is 0 Å². The van der Waals surface area contributed by atoms with Gasteiger partial charge in [0, 0.05) is 11.8 Å². The summed E-state index contributed by atoms with van der Waals surface area (Å²) in [7, 11) is 1.71. The van der Waals surface area contributed by atoms with Gasteiger partial charge < -0.3 is 9.14 Å². The zero-order valence-corrected chi connectivity index (χ0v) is 11.7. The van der Waals surface area contributed by atoms with E-state index >= 15 is 0 Å². The summed E-state index contributed by atoms with van der Waals surface area (Å²) in [5.74, 6) is 0.923. The molecule has 1 aliphatic carbocycles. The Bertz CT molecular complexity index is 817. The van der Waals surface area contributed by atoms with Crippen molar-refractivity contribution in [3.63, 3.8) is 0 Å². The van der Waals surface area contributed by atoms with Gasteiger partial charge in [0.05, 0.1) is 18.5 Å². The molecule has 0 radical (unpaired) electrons. The highest BCUT2D eigenvalue weighted by molar-refractivity contribution is 5.72. The number of aryl methyl sites for hydroxylation is 3. The van der Waals surface area contributed by atoms with Crippen LogP contribution in [0.3, 0.4) is 0 Å². The molecule has 0 aliphatic heterocycles. The van der Waals surface area contributed by atoms with Gasteiger partial charge in [-0.3, -0.25) is 0 Å². The van der Waals surface area contributed by atoms with E-state index in [9.17, 15) is 0 Å². The highest BCUT2D eigenvalue weighted by atomic mass is 16.5. The number of benzene rings is 1. The summed E-state index contributed by atoms with van der Waals surface area (Å²) < 4.78 is 7.55. The minimum absolute atomic E-state index is 0.923. The van der Waals surface area contributed by atoms with Gasteiger partial charge in [-0.25, -0.2) is 4.98 Å². The van der Waals surface area contributed by atoms with Crippen LogP contribution in [0.1, 0.15) is 16.8 Å². The lowest BCUT2D eigenvalue weighted by Gasteiger charge is -2.16. The molecule has 0 saturated carbocycles. The van der Waals surface area contributed by atoms with Crippen LogP contribution < -0.4 is 4.74 Å². The fourth-order valence-electron chi connectivity index (χ4n) is 3.04. The van der Waals surface area contributed by atoms with Gasteiger partial charge in [-0.1, -0.05) is 6.07 Å². The van der Waals surface area contributed by atoms with Gasteiger partial charge >= 0.3 is 0 Å². The van der Waals surface area contributed by atoms with E-state index in [2.05, 4.69) is 41.8 Å². The third-order valence-corrected chi connectivity index (χ3v) is 4.06. The molecule has 3 heteroatoms. The molecule has 0 saturated heterocycles. The predicted octanol–water partition coefficient (Wildman–Crippen LogP) is 3.42. The van der Waals surface area contributed by atoms with Crippen molar-refractivity contribution < 1.29 is 4.74 Å². The van der Waals surface area contributed by atoms with Crippen LogP contribution >= 0.6 is 0 Å². The molecule has 0 fully saturated rings. The minimum atomic E-state index is 0.923. The van der Waals surface area contributed by atoms with Crippen LogP contribution in [0.5, 0.6) is 5.75 Å². The summed E-state index contributed by atoms with van der Waals surface area (Å²) in [6.07, 6.45) is 4.25. The standard InChI is InChI=1S/C17H16N2O/c1-11-3-8-16-18-17-14-6-5-13(20-2)9-12(14)4-7-15(17)19(16)10-11/h3,5-6,8-10H,4,7H2,1-2H3. The number of methoxy groups -OCH3 is 1. The molecular weight excluding hydrogens is 248 g/mol. The first kappa shape index (κ1) is 11.5. The van der Waals surface area contributed by atoms with E-state index in [1.165, 1.54) is 22.4 Å². The molecule has 0 N–H and O–H groups in total. The number of aromatic nitrogens is 2. The topological polar surface area (TPSA) is 26.5 Å². The SMILES string of the molecule is COc1ccc2c(c1)CCc1c-2nc2ccc(C)cn12. The normalized spacial score (nSPS) is 13.1. The quantitative estimate of drug-likeness (QED) is 0.673. The number of fused-ring (bicyclic) bond motifs is 5. The van der Waals surface area contributed by atoms with Crippen LogP contribution in [-0.4, -0.2) is 16.5 Å². The second-order valence-corrected chi connectivity index (χ2v) is 5.36. The number of ether oxygens (including phenoxy) is 1. The lowest BCUT2D eigenvalue weighted by atomic mass is 9.92. The zero-order chi connectivity index (χ0) is 13.7. The van der Waals surface area contributed by atoms with E-state index in [1.54, 1.807) is 7.11 Å². The van der Waals surface area contributed by atoms with E-state index in [-0.39, 0.29) is 0 Å². The second-order valence-electron chi connectivity index (χ2n) is 5.36. The van der Waals surface area contributed by atoms with Gasteiger partial charge in [0.25, 0.3) is 0 Å². The average Bonchev–Trinajstić information content (AvgIpc) is 2.84. The second kappa shape index (κ2) is 4.10. The van der Waals surface area contributed by atoms with Crippen molar-refractivity contribution in [3.05, 3.63) is 53.3 Å². The largest absolute Gasteiger partial charge is 0.497 e. The minimum Gasteiger partial charge on any atom is -0.497 e. The summed E-state index contributed by atoms with van der Waals surface area (Å²) in [5, 5.41) is 0. The monoisotopic (exact) mass is 264 g/mol. The highest BCUT2D eigenvalue weighted by Gasteiger charge is 2.21. The Balaban J connectivity index is 1.98. The molecule has 0 bridgehead atoms. The summed E-state index contributed by atoms with van der Waals surface area (Å²) in [4.78, 5) is 4.81. The predicted molar refractivity (Wildman–Crippen MR) is 79.3 cm³/mol. The van der Waals surface area contributed by atoms with Gasteiger partial charge in [-0.05, 0) is 55.2 Å². The van der Waals surface area contributed by atoms with Crippen molar-refractivity contribution in [1.29, 1.82) is 0 Å². The van der Waals surface area contributed by atoms with E-state index in [1.807, 2.05) is 6.07 Å². The highest BCUT2D eigenvalue weighted by Crippen LogP contribution is 2.35. The van der Waals surface area contributed by atoms with Crippen LogP contribution in [0.4, 0.5) is 0 Å². The first-order chi connectivity index (χ1) is 9.76. The summed E-state index contributed by atoms with van der Waals surface area (Å²) in [6.45, 7) is 2.12. The number of rotatable bonds is 1. The van der Waals surface area contributed by atoms with Gasteiger partial charge in [0.2, 0.25) is 0 Å². The molecule has 3 nitrogen and oxygen atoms in total. The molecule has 1 aromatic carbocycles. The van der Waals surface area contributed by atoms with Crippen molar-refractivity contribution in [1.82, 2.24) is 9.38 Å². The van der Waals surface area contributed by atoms with Crippen LogP contribution in [-0.2, 0) is 12.8 Å². The molecule has 0 spiro atoms. The van der Waals surface area contributed by atoms with E-state index < -0.39 is 0 Å². The number of hydrogen-bond donors (Lipinski definition) is 0. The van der Waals surface area contributed by atoms with Crippen LogP contribution in [0.25, 0.3) is 16.9 Å². The van der Waals surface area contributed by atoms with Crippen molar-refractivity contribution in [2.75, 3.05) is 7.11 Å². The Hall–Kier alpha value is -2.29. The molecule has 2 heterocycles. The molecule has 0 amide bonds. The summed E-state index contributed by atoms with van der Waals surface area (Å²) >= 11 is 0. The molecule has 1 aliphatic rings. The maximum atomic E-state index is 5.32. The van der Waals surface area contributed by atoms with Crippen LogP contribution in [0.15, 0.2) is 36.5 Å². The summed E-state index contributed by atoms with van der Waals surface area (Å²) in [6, 6.07) is 10.5. The number of imidazole rings is 1. The van der Waals surface area contributed by atoms with E-state index in [0.717, 1.165) is 29.9 Å². The third kappa shape index (κ3) is 1.56. The Morgan fingerprint density at radius 3 is 2.90 bits per heavy atom. The smallest absolute Gasteiger partial charge is 0.137 e. The Labute approximate surface area is 117 Å². The Morgan fingerprint density at radius 1 is 1.15 bits per heavy atom. The maximum Gasteiger partial charge on any atom is 0.137 e. The van der Waals surface area contributed by atoms with E-state index in [0.29, 0.717) is 0 Å². The van der Waals surface area contributed by atoms with Gasteiger partial charge in [0.1, 0.15) is 11.4 Å². The molecule has 100 valence electrons. The first-order valence-electron chi connectivity index (χ1n) is 6.91. The molecule has 3 aromatic rings. The van der Waals surface area contributed by atoms with Crippen molar-refractivity contribution in [2.24, 2.45) is 0 Å². The molecule has 20 heavy (non-hydrogen) atoms. The summed E-state index contributed by atoms with van der Waals surface area (Å²) in [5.41, 5.74) is 7.31. The molecular formula is C17H16N2O. The molecule has 4 rings (SSSR count). The van der Waals surface area contributed by atoms with Crippen LogP contribution in [0, 0.1) is 6.92 Å². The Kier molecular flexibility index (Phi) is 2.36. The van der Waals surface area contributed by atoms with Gasteiger partial charge in [0.15, 0.2) is 0 Å². The number of hydrogen-bond acceptors (Lipinski definition) is 2. The Morgan fingerprint density at radius 2 is 2.05 bits per heavy atom. The lowest BCUT2D eigenvalue weighted by molar-refractivity contribution is 0.414. The number of pyridine rings is 1. The fourth-order valence-corrected chi connectivity index (χ4v) is 3.04. The average molecular weight is 264 g/mol. The molecule has 2 aromatic heterocycles. The maximum absolute atomic E-state index is 5.32. The molecule has 0 unspecified atom stereocenters. The van der Waals surface area contributed by atoms with E-state index in [4.69, 9.17) is 9.72 Å². The van der Waals surface area contributed by atoms with Crippen molar-refractivity contribution in [2.45, 2.75) is 19.8 Å². The number of nitrogens with zero attached hydrogens (tertiary/aromatic N) is 2. The lowest BCUT2D eigenvalue weighted by Crippen LogP contribution is -2.05. The van der Waals surface area contributed by atoms with Gasteiger partial charge in [-0.2, -0.15) is 0 Å². The molecule has 0 atom stereocenters. The first-order valence-corrected chi connectivity index (χ1v) is 6.91. The van der Waals surface area contributed by atoms with Crippen molar-refractivity contribution in [3.8, 4) is 17.0 Å². The fraction of sp³-hybridized carbons (Fsp3) is 0.235. The zero-order valence-electron chi connectivity index (χ0n) is 11.7. The van der Waals surface area contributed by atoms with Gasteiger partial charge in [-0.15, -0.1) is 0 Å².